The lowest BCUT2D eigenvalue weighted by Crippen LogP contribution is -2.26. The zero-order valence-electron chi connectivity index (χ0n) is 13.3. The van der Waals surface area contributed by atoms with Crippen LogP contribution in [-0.2, 0) is 0 Å². The van der Waals surface area contributed by atoms with Crippen molar-refractivity contribution in [2.75, 3.05) is 6.61 Å². The first-order valence-corrected chi connectivity index (χ1v) is 7.78. The van der Waals surface area contributed by atoms with Crippen molar-refractivity contribution in [3.8, 4) is 5.75 Å². The van der Waals surface area contributed by atoms with Gasteiger partial charge in [-0.25, -0.2) is 4.99 Å². The van der Waals surface area contributed by atoms with Crippen LogP contribution in [0, 0.1) is 0 Å². The van der Waals surface area contributed by atoms with Gasteiger partial charge in [0.15, 0.2) is 5.96 Å². The van der Waals surface area contributed by atoms with E-state index in [4.69, 9.17) is 21.9 Å². The van der Waals surface area contributed by atoms with Gasteiger partial charge in [0.2, 0.25) is 5.96 Å². The minimum Gasteiger partial charge on any atom is -0.494 e. The first-order chi connectivity index (χ1) is 10.6. The molecule has 6 nitrogen and oxygen atoms in total. The third-order valence-electron chi connectivity index (χ3n) is 3.09. The molecule has 0 amide bonds. The zero-order valence-corrected chi connectivity index (χ0v) is 13.3. The Kier molecular flexibility index (Phi) is 8.49. The molecule has 6 N–H and O–H groups in total. The van der Waals surface area contributed by atoms with Crippen molar-refractivity contribution in [2.45, 2.75) is 45.4 Å². The highest BCUT2D eigenvalue weighted by atomic mass is 16.5. The number of benzene rings is 1. The highest BCUT2D eigenvalue weighted by Crippen LogP contribution is 2.18. The van der Waals surface area contributed by atoms with E-state index in [-0.39, 0.29) is 11.9 Å². The third-order valence-corrected chi connectivity index (χ3v) is 3.09. The predicted octanol–water partition coefficient (Wildman–Crippen LogP) is 2.65. The standard InChI is InChI=1S/C16H27N5O/c1-2-3-4-5-6-7-12-22-14-10-8-13(9-11-14)20-16(19)21-15(17)18/h8-11H,2-7,12H2,1H3,(H6,17,18,19,20,21). The van der Waals surface area contributed by atoms with Gasteiger partial charge in [0.1, 0.15) is 5.75 Å². The Bertz CT molecular complexity index is 478. The molecule has 0 unspecified atom stereocenters. The van der Waals surface area contributed by atoms with E-state index < -0.39 is 0 Å². The van der Waals surface area contributed by atoms with Crippen LogP contribution < -0.4 is 21.9 Å². The topological polar surface area (TPSA) is 112 Å². The monoisotopic (exact) mass is 305 g/mol. The predicted molar refractivity (Wildman–Crippen MR) is 92.4 cm³/mol. The van der Waals surface area contributed by atoms with E-state index >= 15 is 0 Å². The Hall–Kier alpha value is -2.24. The van der Waals surface area contributed by atoms with Crippen LogP contribution >= 0.6 is 0 Å². The van der Waals surface area contributed by atoms with E-state index in [1.54, 1.807) is 0 Å². The molecule has 0 atom stereocenters. The normalized spacial score (nSPS) is 11.2. The van der Waals surface area contributed by atoms with Crippen LogP contribution in [-0.4, -0.2) is 18.5 Å². The molecule has 0 bridgehead atoms. The summed E-state index contributed by atoms with van der Waals surface area (Å²) >= 11 is 0. The fraction of sp³-hybridized carbons (Fsp3) is 0.500. The van der Waals surface area contributed by atoms with Crippen LogP contribution in [0.4, 0.5) is 5.69 Å². The average Bonchev–Trinajstić information content (AvgIpc) is 2.47. The van der Waals surface area contributed by atoms with Gasteiger partial charge in [-0.2, -0.15) is 4.99 Å². The molecule has 0 fully saturated rings. The van der Waals surface area contributed by atoms with Crippen LogP contribution in [0.2, 0.25) is 0 Å². The fourth-order valence-electron chi connectivity index (χ4n) is 1.98. The highest BCUT2D eigenvalue weighted by molar-refractivity contribution is 5.93. The van der Waals surface area contributed by atoms with E-state index in [1.807, 2.05) is 24.3 Å². The van der Waals surface area contributed by atoms with Gasteiger partial charge in [-0.05, 0) is 30.7 Å². The Morgan fingerprint density at radius 3 is 2.23 bits per heavy atom. The maximum Gasteiger partial charge on any atom is 0.223 e. The summed E-state index contributed by atoms with van der Waals surface area (Å²) in [5.74, 6) is 0.744. The van der Waals surface area contributed by atoms with Crippen molar-refractivity contribution in [1.29, 1.82) is 0 Å². The Morgan fingerprint density at radius 2 is 1.59 bits per heavy atom. The molecule has 0 saturated heterocycles. The smallest absolute Gasteiger partial charge is 0.223 e. The largest absolute Gasteiger partial charge is 0.494 e. The number of hydrogen-bond donors (Lipinski definition) is 3. The molecule has 0 aliphatic carbocycles. The minimum atomic E-state index is -0.111. The molecule has 1 aromatic rings. The van der Waals surface area contributed by atoms with Crippen molar-refractivity contribution < 1.29 is 4.74 Å². The molecule has 0 heterocycles. The third kappa shape index (κ3) is 8.14. The van der Waals surface area contributed by atoms with Crippen LogP contribution in [0.3, 0.4) is 0 Å². The van der Waals surface area contributed by atoms with E-state index in [0.717, 1.165) is 18.8 Å². The Labute approximate surface area is 132 Å². The van der Waals surface area contributed by atoms with Crippen molar-refractivity contribution in [3.05, 3.63) is 24.3 Å². The Morgan fingerprint density at radius 1 is 0.955 bits per heavy atom. The summed E-state index contributed by atoms with van der Waals surface area (Å²) in [6.45, 7) is 2.96. The lowest BCUT2D eigenvalue weighted by Gasteiger charge is -2.06. The van der Waals surface area contributed by atoms with Gasteiger partial charge in [0.25, 0.3) is 0 Å². The maximum absolute atomic E-state index is 5.69. The molecule has 1 aromatic carbocycles. The van der Waals surface area contributed by atoms with Crippen molar-refractivity contribution in [3.63, 3.8) is 0 Å². The molecule has 0 radical (unpaired) electrons. The van der Waals surface area contributed by atoms with Gasteiger partial charge in [0, 0.05) is 0 Å². The number of unbranched alkanes of at least 4 members (excludes halogenated alkanes) is 5. The van der Waals surface area contributed by atoms with Gasteiger partial charge in [0.05, 0.1) is 12.3 Å². The average molecular weight is 305 g/mol. The van der Waals surface area contributed by atoms with Gasteiger partial charge in [-0.1, -0.05) is 39.0 Å². The van der Waals surface area contributed by atoms with Crippen molar-refractivity contribution in [1.82, 2.24) is 0 Å². The molecule has 0 aliphatic heterocycles. The van der Waals surface area contributed by atoms with Crippen LogP contribution in [0.5, 0.6) is 5.75 Å². The fourth-order valence-corrected chi connectivity index (χ4v) is 1.98. The molecule has 22 heavy (non-hydrogen) atoms. The maximum atomic E-state index is 5.69. The van der Waals surface area contributed by atoms with Crippen LogP contribution in [0.1, 0.15) is 45.4 Å². The molecule has 6 heteroatoms. The van der Waals surface area contributed by atoms with Gasteiger partial charge in [-0.15, -0.1) is 0 Å². The lowest BCUT2D eigenvalue weighted by molar-refractivity contribution is 0.304. The number of rotatable bonds is 9. The summed E-state index contributed by atoms with van der Waals surface area (Å²) in [6.07, 6.45) is 7.51. The van der Waals surface area contributed by atoms with E-state index in [9.17, 15) is 0 Å². The molecule has 0 aromatic heterocycles. The summed E-state index contributed by atoms with van der Waals surface area (Å²) in [4.78, 5) is 7.72. The molecule has 122 valence electrons. The minimum absolute atomic E-state index is 0.0285. The first kappa shape index (κ1) is 17.8. The van der Waals surface area contributed by atoms with E-state index in [0.29, 0.717) is 5.69 Å². The summed E-state index contributed by atoms with van der Waals surface area (Å²) in [5.41, 5.74) is 16.7. The van der Waals surface area contributed by atoms with Gasteiger partial charge in [-0.3, -0.25) is 0 Å². The number of aliphatic imine (C=N–C) groups is 2. The molecule has 0 spiro atoms. The SMILES string of the molecule is CCCCCCCCOc1ccc(N=C(N)N=C(N)N)cc1. The second-order valence-electron chi connectivity index (χ2n) is 5.12. The molecular weight excluding hydrogens is 278 g/mol. The summed E-state index contributed by atoms with van der Waals surface area (Å²) in [5, 5.41) is 0. The lowest BCUT2D eigenvalue weighted by atomic mass is 10.1. The van der Waals surface area contributed by atoms with Crippen LogP contribution in [0.25, 0.3) is 0 Å². The Balaban J connectivity index is 2.32. The first-order valence-electron chi connectivity index (χ1n) is 7.78. The number of hydrogen-bond acceptors (Lipinski definition) is 2. The molecule has 0 saturated carbocycles. The second-order valence-corrected chi connectivity index (χ2v) is 5.12. The van der Waals surface area contributed by atoms with Gasteiger partial charge >= 0.3 is 0 Å². The van der Waals surface area contributed by atoms with E-state index in [1.165, 1.54) is 32.1 Å². The number of nitrogens with zero attached hydrogens (tertiary/aromatic N) is 2. The van der Waals surface area contributed by atoms with Crippen molar-refractivity contribution >= 4 is 17.6 Å². The molecule has 0 aliphatic rings. The zero-order chi connectivity index (χ0) is 16.2. The molecule has 1 rings (SSSR count). The number of nitrogens with two attached hydrogens (primary N) is 3. The highest BCUT2D eigenvalue weighted by Gasteiger charge is 1.97. The summed E-state index contributed by atoms with van der Waals surface area (Å²) < 4.78 is 5.69. The van der Waals surface area contributed by atoms with E-state index in [2.05, 4.69) is 16.9 Å². The van der Waals surface area contributed by atoms with Gasteiger partial charge < -0.3 is 21.9 Å². The van der Waals surface area contributed by atoms with Crippen molar-refractivity contribution in [2.24, 2.45) is 27.2 Å². The number of ether oxygens (including phenoxy) is 1. The number of guanidine groups is 2. The second kappa shape index (κ2) is 10.5. The van der Waals surface area contributed by atoms with Crippen LogP contribution in [0.15, 0.2) is 34.3 Å². The summed E-state index contributed by atoms with van der Waals surface area (Å²) in [6, 6.07) is 7.34. The quantitative estimate of drug-likeness (QED) is 0.370. The molecular formula is C16H27N5O. The summed E-state index contributed by atoms with van der Waals surface area (Å²) in [7, 11) is 0.